The molecular weight excluding hydrogens is 402 g/mol. The molecule has 2 N–H and O–H groups in total. The number of thiophene rings is 1. The second-order valence-electron chi connectivity index (χ2n) is 8.15. The molecule has 164 valence electrons. The number of amides is 1. The summed E-state index contributed by atoms with van der Waals surface area (Å²) in [5.41, 5.74) is 2.18. The molecule has 0 saturated carbocycles. The first-order valence-corrected chi connectivity index (χ1v) is 11.6. The van der Waals surface area contributed by atoms with Crippen molar-refractivity contribution in [2.45, 2.75) is 57.7 Å². The van der Waals surface area contributed by atoms with Gasteiger partial charge in [-0.1, -0.05) is 12.1 Å². The van der Waals surface area contributed by atoms with Gasteiger partial charge in [0.05, 0.1) is 30.7 Å². The van der Waals surface area contributed by atoms with Gasteiger partial charge >= 0.3 is 0 Å². The standard InChI is InChI=1S/C21H31N5O3S/c1-3-17-12-18-19(30-17)4-11-29-21(18)5-8-25(9-6-21)13-16-14-26(24-23-16)15(2)20(28)22-7-10-27/h12,14-15,27H,3-11,13H2,1-2H3,(H,22,28). The van der Waals surface area contributed by atoms with Crippen molar-refractivity contribution in [1.29, 1.82) is 0 Å². The largest absolute Gasteiger partial charge is 0.395 e. The predicted octanol–water partition coefficient (Wildman–Crippen LogP) is 1.64. The maximum absolute atomic E-state index is 12.1. The molecule has 0 radical (unpaired) electrons. The maximum atomic E-state index is 12.1. The number of nitrogens with zero attached hydrogens (tertiary/aromatic N) is 4. The van der Waals surface area contributed by atoms with Crippen LogP contribution in [0, 0.1) is 0 Å². The topological polar surface area (TPSA) is 92.5 Å². The molecule has 2 aliphatic heterocycles. The van der Waals surface area contributed by atoms with Crippen LogP contribution in [0.15, 0.2) is 12.3 Å². The minimum absolute atomic E-state index is 0.0755. The van der Waals surface area contributed by atoms with Crippen LogP contribution in [0.25, 0.3) is 0 Å². The molecule has 4 rings (SSSR count). The second-order valence-corrected chi connectivity index (χ2v) is 9.37. The van der Waals surface area contributed by atoms with Crippen LogP contribution >= 0.6 is 11.3 Å². The third-order valence-electron chi connectivity index (χ3n) is 6.20. The molecule has 0 aliphatic carbocycles. The molecule has 1 fully saturated rings. The molecular formula is C21H31N5O3S. The smallest absolute Gasteiger partial charge is 0.244 e. The van der Waals surface area contributed by atoms with Crippen molar-refractivity contribution in [2.75, 3.05) is 32.8 Å². The van der Waals surface area contributed by atoms with E-state index in [0.29, 0.717) is 0 Å². The number of likely N-dealkylation sites (tertiary alicyclic amines) is 1. The number of hydrogen-bond acceptors (Lipinski definition) is 7. The van der Waals surface area contributed by atoms with Crippen molar-refractivity contribution in [1.82, 2.24) is 25.2 Å². The highest BCUT2D eigenvalue weighted by molar-refractivity contribution is 7.12. The summed E-state index contributed by atoms with van der Waals surface area (Å²) in [4.78, 5) is 17.4. The van der Waals surface area contributed by atoms with E-state index in [0.717, 1.165) is 57.6 Å². The van der Waals surface area contributed by atoms with Crippen LogP contribution in [0.1, 0.15) is 53.7 Å². The van der Waals surface area contributed by atoms with Gasteiger partial charge in [-0.25, -0.2) is 4.68 Å². The number of ether oxygens (including phenoxy) is 1. The van der Waals surface area contributed by atoms with Crippen LogP contribution in [0.2, 0.25) is 0 Å². The normalized spacial score (nSPS) is 19.6. The first kappa shape index (κ1) is 21.4. The summed E-state index contributed by atoms with van der Waals surface area (Å²) in [5.74, 6) is -0.173. The van der Waals surface area contributed by atoms with Gasteiger partial charge in [0.15, 0.2) is 0 Å². The number of carbonyl (C=O) groups is 1. The van der Waals surface area contributed by atoms with Gasteiger partial charge < -0.3 is 15.2 Å². The van der Waals surface area contributed by atoms with Crippen molar-refractivity contribution >= 4 is 17.2 Å². The Morgan fingerprint density at radius 3 is 2.97 bits per heavy atom. The summed E-state index contributed by atoms with van der Waals surface area (Å²) in [6, 6.07) is 1.92. The number of aryl methyl sites for hydroxylation is 1. The first-order valence-electron chi connectivity index (χ1n) is 10.8. The molecule has 1 spiro atoms. The summed E-state index contributed by atoms with van der Waals surface area (Å²) in [6.07, 6.45) is 5.96. The number of aliphatic hydroxyl groups excluding tert-OH is 1. The van der Waals surface area contributed by atoms with E-state index in [1.165, 1.54) is 15.3 Å². The third-order valence-corrected chi connectivity index (χ3v) is 7.54. The molecule has 1 amide bonds. The molecule has 0 bridgehead atoms. The van der Waals surface area contributed by atoms with Crippen molar-refractivity contribution in [3.63, 3.8) is 0 Å². The van der Waals surface area contributed by atoms with Crippen molar-refractivity contribution in [3.8, 4) is 0 Å². The molecule has 4 heterocycles. The van der Waals surface area contributed by atoms with E-state index in [1.807, 2.05) is 17.5 Å². The molecule has 30 heavy (non-hydrogen) atoms. The average Bonchev–Trinajstić information content (AvgIpc) is 3.41. The SMILES string of the molecule is CCc1cc2c(s1)CCOC21CCN(Cc2cn(C(C)C(=O)NCCO)nn2)CC1. The van der Waals surface area contributed by atoms with Crippen LogP contribution in [-0.4, -0.2) is 63.8 Å². The highest BCUT2D eigenvalue weighted by Gasteiger charge is 2.41. The van der Waals surface area contributed by atoms with Gasteiger partial charge in [-0.2, -0.15) is 0 Å². The third kappa shape index (κ3) is 4.30. The van der Waals surface area contributed by atoms with E-state index >= 15 is 0 Å². The molecule has 9 heteroatoms. The summed E-state index contributed by atoms with van der Waals surface area (Å²) in [7, 11) is 0. The molecule has 1 atom stereocenters. The van der Waals surface area contributed by atoms with Crippen molar-refractivity contribution in [3.05, 3.63) is 33.3 Å². The van der Waals surface area contributed by atoms with Crippen molar-refractivity contribution < 1.29 is 14.6 Å². The monoisotopic (exact) mass is 433 g/mol. The number of carbonyl (C=O) groups excluding carboxylic acids is 1. The van der Waals surface area contributed by atoms with Gasteiger partial charge in [-0.15, -0.1) is 16.4 Å². The van der Waals surface area contributed by atoms with Crippen molar-refractivity contribution in [2.24, 2.45) is 0 Å². The van der Waals surface area contributed by atoms with E-state index < -0.39 is 6.04 Å². The fourth-order valence-electron chi connectivity index (χ4n) is 4.38. The van der Waals surface area contributed by atoms with E-state index in [2.05, 4.69) is 33.5 Å². The number of fused-ring (bicyclic) bond motifs is 2. The van der Waals surface area contributed by atoms with Crippen LogP contribution in [-0.2, 0) is 34.5 Å². The van der Waals surface area contributed by atoms with Gasteiger partial charge in [-0.3, -0.25) is 9.69 Å². The van der Waals surface area contributed by atoms with Crippen LogP contribution in [0.3, 0.4) is 0 Å². The van der Waals surface area contributed by atoms with Gasteiger partial charge in [0.25, 0.3) is 0 Å². The zero-order chi connectivity index (χ0) is 21.1. The Hall–Kier alpha value is -1.81. The predicted molar refractivity (Wildman–Crippen MR) is 114 cm³/mol. The Morgan fingerprint density at radius 1 is 1.43 bits per heavy atom. The molecule has 1 unspecified atom stereocenters. The number of aliphatic hydroxyl groups is 1. The van der Waals surface area contributed by atoms with Crippen LogP contribution in [0.5, 0.6) is 0 Å². The Morgan fingerprint density at radius 2 is 2.23 bits per heavy atom. The molecule has 0 aromatic carbocycles. The van der Waals surface area contributed by atoms with Crippen LogP contribution < -0.4 is 5.32 Å². The van der Waals surface area contributed by atoms with E-state index in [9.17, 15) is 4.79 Å². The number of nitrogens with one attached hydrogen (secondary N) is 1. The fraction of sp³-hybridized carbons (Fsp3) is 0.667. The maximum Gasteiger partial charge on any atom is 0.244 e. The van der Waals surface area contributed by atoms with E-state index in [4.69, 9.17) is 9.84 Å². The molecule has 2 aromatic rings. The highest BCUT2D eigenvalue weighted by atomic mass is 32.1. The minimum atomic E-state index is -0.456. The highest BCUT2D eigenvalue weighted by Crippen LogP contribution is 2.44. The lowest BCUT2D eigenvalue weighted by Gasteiger charge is -2.44. The van der Waals surface area contributed by atoms with E-state index in [-0.39, 0.29) is 24.7 Å². The quantitative estimate of drug-likeness (QED) is 0.690. The second kappa shape index (κ2) is 9.13. The van der Waals surface area contributed by atoms with Gasteiger partial charge in [0, 0.05) is 42.4 Å². The molecule has 8 nitrogen and oxygen atoms in total. The Kier molecular flexibility index (Phi) is 6.52. The minimum Gasteiger partial charge on any atom is -0.395 e. The van der Waals surface area contributed by atoms with E-state index in [1.54, 1.807) is 11.6 Å². The summed E-state index contributed by atoms with van der Waals surface area (Å²) < 4.78 is 7.95. The first-order chi connectivity index (χ1) is 14.5. The molecule has 2 aromatic heterocycles. The zero-order valence-corrected chi connectivity index (χ0v) is 18.6. The average molecular weight is 434 g/mol. The Balaban J connectivity index is 1.36. The number of aromatic nitrogens is 3. The molecule has 2 aliphatic rings. The van der Waals surface area contributed by atoms with Gasteiger partial charge in [-0.05, 0) is 37.8 Å². The number of hydrogen-bond donors (Lipinski definition) is 2. The lowest BCUT2D eigenvalue weighted by Crippen LogP contribution is -2.45. The summed E-state index contributed by atoms with van der Waals surface area (Å²) >= 11 is 1.96. The van der Waals surface area contributed by atoms with Crippen LogP contribution in [0.4, 0.5) is 0 Å². The lowest BCUT2D eigenvalue weighted by molar-refractivity contribution is -0.124. The van der Waals surface area contributed by atoms with Gasteiger partial charge in [0.2, 0.25) is 5.91 Å². The summed E-state index contributed by atoms with van der Waals surface area (Å²) in [5, 5.41) is 19.9. The number of rotatable bonds is 7. The Labute approximate surface area is 181 Å². The summed E-state index contributed by atoms with van der Waals surface area (Å²) in [6.45, 7) is 7.62. The fourth-order valence-corrected chi connectivity index (χ4v) is 5.56. The molecule has 1 saturated heterocycles. The Bertz CT molecular complexity index is 872. The lowest BCUT2D eigenvalue weighted by atomic mass is 9.82. The van der Waals surface area contributed by atoms with Gasteiger partial charge in [0.1, 0.15) is 6.04 Å². The number of piperidine rings is 1. The zero-order valence-electron chi connectivity index (χ0n) is 17.8.